The summed E-state index contributed by atoms with van der Waals surface area (Å²) in [7, 11) is 0. The lowest BCUT2D eigenvalue weighted by atomic mass is 10.1. The van der Waals surface area contributed by atoms with Gasteiger partial charge in [0.15, 0.2) is 0 Å². The predicted octanol–water partition coefficient (Wildman–Crippen LogP) is 2.92. The molecule has 0 aliphatic heterocycles. The number of rotatable bonds is 5. The molecule has 0 bridgehead atoms. The third kappa shape index (κ3) is 3.88. The summed E-state index contributed by atoms with van der Waals surface area (Å²) in [5.74, 6) is 0.505. The number of nitrogens with zero attached hydrogens (tertiary/aromatic N) is 2. The number of carbonyl (C=O) groups excluding carboxylic acids is 1. The van der Waals surface area contributed by atoms with Gasteiger partial charge in [0, 0.05) is 18.9 Å². The van der Waals surface area contributed by atoms with E-state index >= 15 is 0 Å². The van der Waals surface area contributed by atoms with Crippen LogP contribution in [0.15, 0.2) is 42.7 Å². The average Bonchev–Trinajstić information content (AvgIpc) is 2.48. The van der Waals surface area contributed by atoms with Crippen molar-refractivity contribution in [2.45, 2.75) is 20.3 Å². The summed E-state index contributed by atoms with van der Waals surface area (Å²) in [6, 6.07) is 9.27. The van der Waals surface area contributed by atoms with E-state index in [0.29, 0.717) is 18.0 Å². The van der Waals surface area contributed by atoms with Gasteiger partial charge in [-0.15, -0.1) is 0 Å². The maximum Gasteiger partial charge on any atom is 0.252 e. The Labute approximate surface area is 119 Å². The van der Waals surface area contributed by atoms with Crippen molar-refractivity contribution in [3.05, 3.63) is 48.3 Å². The Bertz CT molecular complexity index is 550. The number of carbonyl (C=O) groups is 1. The first-order valence-electron chi connectivity index (χ1n) is 6.82. The van der Waals surface area contributed by atoms with Gasteiger partial charge in [0.05, 0.1) is 17.0 Å². The van der Waals surface area contributed by atoms with Crippen LogP contribution in [0, 0.1) is 5.92 Å². The van der Waals surface area contributed by atoms with Crippen molar-refractivity contribution in [2.24, 2.45) is 5.92 Å². The lowest BCUT2D eigenvalue weighted by Gasteiger charge is -2.07. The Morgan fingerprint density at radius 1 is 1.15 bits per heavy atom. The largest absolute Gasteiger partial charge is 0.352 e. The van der Waals surface area contributed by atoms with Crippen LogP contribution in [0.4, 0.5) is 0 Å². The van der Waals surface area contributed by atoms with E-state index < -0.39 is 0 Å². The second-order valence-corrected chi connectivity index (χ2v) is 5.09. The van der Waals surface area contributed by atoms with Crippen LogP contribution < -0.4 is 5.32 Å². The minimum absolute atomic E-state index is 0.0780. The normalized spacial score (nSPS) is 10.6. The second-order valence-electron chi connectivity index (χ2n) is 5.09. The van der Waals surface area contributed by atoms with Crippen LogP contribution in [-0.4, -0.2) is 22.4 Å². The highest BCUT2D eigenvalue weighted by Gasteiger charge is 2.07. The first-order valence-corrected chi connectivity index (χ1v) is 6.82. The van der Waals surface area contributed by atoms with E-state index in [1.165, 1.54) is 0 Å². The van der Waals surface area contributed by atoms with E-state index in [9.17, 15) is 4.79 Å². The molecule has 2 aromatic heterocycles. The molecule has 0 fully saturated rings. The van der Waals surface area contributed by atoms with Gasteiger partial charge in [-0.2, -0.15) is 0 Å². The summed E-state index contributed by atoms with van der Waals surface area (Å²) in [6.45, 7) is 4.96. The van der Waals surface area contributed by atoms with Crippen molar-refractivity contribution in [1.82, 2.24) is 15.3 Å². The summed E-state index contributed by atoms with van der Waals surface area (Å²) in [5, 5.41) is 2.89. The van der Waals surface area contributed by atoms with Crippen molar-refractivity contribution < 1.29 is 4.79 Å². The lowest BCUT2D eigenvalue weighted by Crippen LogP contribution is -2.25. The van der Waals surface area contributed by atoms with Gasteiger partial charge in [-0.05, 0) is 36.6 Å². The maximum absolute atomic E-state index is 11.9. The van der Waals surface area contributed by atoms with Crippen LogP contribution in [0.3, 0.4) is 0 Å². The van der Waals surface area contributed by atoms with Crippen molar-refractivity contribution in [1.29, 1.82) is 0 Å². The maximum atomic E-state index is 11.9. The lowest BCUT2D eigenvalue weighted by molar-refractivity contribution is 0.0951. The number of hydrogen-bond acceptors (Lipinski definition) is 3. The number of pyridine rings is 2. The molecule has 20 heavy (non-hydrogen) atoms. The third-order valence-electron chi connectivity index (χ3n) is 2.96. The molecule has 0 saturated carbocycles. The summed E-state index contributed by atoms with van der Waals surface area (Å²) < 4.78 is 0. The van der Waals surface area contributed by atoms with E-state index in [0.717, 1.165) is 17.8 Å². The van der Waals surface area contributed by atoms with E-state index in [2.05, 4.69) is 29.1 Å². The first-order chi connectivity index (χ1) is 9.66. The van der Waals surface area contributed by atoms with Crippen LogP contribution in [0.1, 0.15) is 30.6 Å². The predicted molar refractivity (Wildman–Crippen MR) is 79.3 cm³/mol. The van der Waals surface area contributed by atoms with E-state index in [1.807, 2.05) is 24.3 Å². The van der Waals surface area contributed by atoms with Crippen LogP contribution in [0.2, 0.25) is 0 Å². The smallest absolute Gasteiger partial charge is 0.252 e. The molecule has 2 heterocycles. The highest BCUT2D eigenvalue weighted by atomic mass is 16.1. The first kappa shape index (κ1) is 14.2. The van der Waals surface area contributed by atoms with Crippen molar-refractivity contribution in [3.63, 3.8) is 0 Å². The standard InChI is InChI=1S/C16H19N3O/c1-12(2)8-10-18-16(20)13-6-7-15(19-11-13)14-5-3-4-9-17-14/h3-7,9,11-12H,8,10H2,1-2H3,(H,18,20). The molecule has 0 unspecified atom stereocenters. The highest BCUT2D eigenvalue weighted by Crippen LogP contribution is 2.13. The Morgan fingerprint density at radius 3 is 2.55 bits per heavy atom. The molecule has 0 aliphatic carbocycles. The van der Waals surface area contributed by atoms with E-state index in [4.69, 9.17) is 0 Å². The molecular weight excluding hydrogens is 250 g/mol. The Kier molecular flexibility index (Phi) is 4.82. The summed E-state index contributed by atoms with van der Waals surface area (Å²) >= 11 is 0. The van der Waals surface area contributed by atoms with Gasteiger partial charge in [0.2, 0.25) is 0 Å². The number of amides is 1. The average molecular weight is 269 g/mol. The molecule has 0 aromatic carbocycles. The van der Waals surface area contributed by atoms with Gasteiger partial charge in [-0.1, -0.05) is 19.9 Å². The molecular formula is C16H19N3O. The molecule has 4 heteroatoms. The van der Waals surface area contributed by atoms with Gasteiger partial charge < -0.3 is 5.32 Å². The molecule has 4 nitrogen and oxygen atoms in total. The minimum atomic E-state index is -0.0780. The highest BCUT2D eigenvalue weighted by molar-refractivity contribution is 5.94. The van der Waals surface area contributed by atoms with Gasteiger partial charge in [-0.3, -0.25) is 14.8 Å². The second kappa shape index (κ2) is 6.80. The van der Waals surface area contributed by atoms with Gasteiger partial charge >= 0.3 is 0 Å². The summed E-state index contributed by atoms with van der Waals surface area (Å²) in [5.41, 5.74) is 2.15. The summed E-state index contributed by atoms with van der Waals surface area (Å²) in [4.78, 5) is 20.4. The van der Waals surface area contributed by atoms with E-state index in [-0.39, 0.29) is 5.91 Å². The molecule has 0 saturated heterocycles. The van der Waals surface area contributed by atoms with Crippen LogP contribution >= 0.6 is 0 Å². The molecule has 104 valence electrons. The fourth-order valence-corrected chi connectivity index (χ4v) is 1.77. The van der Waals surface area contributed by atoms with Gasteiger partial charge in [0.25, 0.3) is 5.91 Å². The Morgan fingerprint density at radius 2 is 1.95 bits per heavy atom. The molecule has 1 amide bonds. The molecule has 0 spiro atoms. The monoisotopic (exact) mass is 269 g/mol. The number of hydrogen-bond donors (Lipinski definition) is 1. The molecule has 1 N–H and O–H groups in total. The van der Waals surface area contributed by atoms with Gasteiger partial charge in [0.1, 0.15) is 0 Å². The molecule has 0 aliphatic rings. The van der Waals surface area contributed by atoms with Crippen LogP contribution in [-0.2, 0) is 0 Å². The Hall–Kier alpha value is -2.23. The SMILES string of the molecule is CC(C)CCNC(=O)c1ccc(-c2ccccn2)nc1. The quantitative estimate of drug-likeness (QED) is 0.908. The van der Waals surface area contributed by atoms with Crippen molar-refractivity contribution in [3.8, 4) is 11.4 Å². The Balaban J connectivity index is 1.99. The molecule has 0 radical (unpaired) electrons. The molecule has 2 aromatic rings. The zero-order valence-electron chi connectivity index (χ0n) is 11.8. The minimum Gasteiger partial charge on any atom is -0.352 e. The van der Waals surface area contributed by atoms with Crippen LogP contribution in [0.25, 0.3) is 11.4 Å². The fourth-order valence-electron chi connectivity index (χ4n) is 1.77. The molecule has 2 rings (SSSR count). The third-order valence-corrected chi connectivity index (χ3v) is 2.96. The fraction of sp³-hybridized carbons (Fsp3) is 0.312. The molecule has 0 atom stereocenters. The van der Waals surface area contributed by atoms with E-state index in [1.54, 1.807) is 18.5 Å². The number of nitrogens with one attached hydrogen (secondary N) is 1. The summed E-state index contributed by atoms with van der Waals surface area (Å²) in [6.07, 6.45) is 4.30. The van der Waals surface area contributed by atoms with Gasteiger partial charge in [-0.25, -0.2) is 0 Å². The number of aromatic nitrogens is 2. The van der Waals surface area contributed by atoms with Crippen LogP contribution in [0.5, 0.6) is 0 Å². The zero-order valence-corrected chi connectivity index (χ0v) is 11.8. The van der Waals surface area contributed by atoms with Crippen molar-refractivity contribution in [2.75, 3.05) is 6.54 Å². The van der Waals surface area contributed by atoms with Crippen molar-refractivity contribution >= 4 is 5.91 Å². The topological polar surface area (TPSA) is 54.9 Å². The zero-order chi connectivity index (χ0) is 14.4.